The predicted molar refractivity (Wildman–Crippen MR) is 83.9 cm³/mol. The van der Waals surface area contributed by atoms with Gasteiger partial charge in [0.25, 0.3) is 0 Å². The van der Waals surface area contributed by atoms with E-state index < -0.39 is 0 Å². The third-order valence-electron chi connectivity index (χ3n) is 2.92. The highest BCUT2D eigenvalue weighted by atomic mass is 32.1. The first kappa shape index (κ1) is 15.1. The van der Waals surface area contributed by atoms with Crippen LogP contribution in [0.3, 0.4) is 0 Å². The van der Waals surface area contributed by atoms with Gasteiger partial charge in [-0.25, -0.2) is 15.0 Å². The molecule has 0 aliphatic carbocycles. The molecule has 108 valence electrons. The molecule has 2 aromatic heterocycles. The van der Waals surface area contributed by atoms with Crippen LogP contribution in [0.15, 0.2) is 12.4 Å². The number of aromatic nitrogens is 3. The van der Waals surface area contributed by atoms with Crippen molar-refractivity contribution in [1.82, 2.24) is 20.3 Å². The van der Waals surface area contributed by atoms with Gasteiger partial charge in [0.15, 0.2) is 10.8 Å². The number of aryl methyl sites for hydroxylation is 1. The van der Waals surface area contributed by atoms with Gasteiger partial charge >= 0.3 is 0 Å². The second-order valence-corrected chi connectivity index (χ2v) is 6.69. The molecule has 0 atom stereocenters. The van der Waals surface area contributed by atoms with Crippen LogP contribution in [0.1, 0.15) is 49.7 Å². The van der Waals surface area contributed by atoms with E-state index in [4.69, 9.17) is 4.98 Å². The first-order chi connectivity index (χ1) is 9.47. The lowest BCUT2D eigenvalue weighted by Crippen LogP contribution is -2.22. The van der Waals surface area contributed by atoms with Crippen molar-refractivity contribution in [2.75, 3.05) is 0 Å². The average molecular weight is 290 g/mol. The summed E-state index contributed by atoms with van der Waals surface area (Å²) >= 11 is 1.69. The number of rotatable bonds is 5. The van der Waals surface area contributed by atoms with E-state index in [2.05, 4.69) is 43.0 Å². The quantitative estimate of drug-likeness (QED) is 0.915. The number of nitrogens with zero attached hydrogens (tertiary/aromatic N) is 3. The molecule has 5 heteroatoms. The Morgan fingerprint density at radius 3 is 2.35 bits per heavy atom. The van der Waals surface area contributed by atoms with E-state index in [0.717, 1.165) is 28.6 Å². The standard InChI is InChI=1S/C15H22N4S/c1-9(2)13-12(8-16-10(3)4)20-15(19-13)14-17-6-11(5)7-18-14/h6-7,9-10,16H,8H2,1-5H3. The van der Waals surface area contributed by atoms with Crippen LogP contribution in [-0.4, -0.2) is 21.0 Å². The van der Waals surface area contributed by atoms with E-state index in [-0.39, 0.29) is 0 Å². The summed E-state index contributed by atoms with van der Waals surface area (Å²) in [5.74, 6) is 1.13. The minimum absolute atomic E-state index is 0.411. The second-order valence-electron chi connectivity index (χ2n) is 5.60. The van der Waals surface area contributed by atoms with Crippen molar-refractivity contribution < 1.29 is 0 Å². The zero-order chi connectivity index (χ0) is 14.7. The molecule has 2 aromatic rings. The highest BCUT2D eigenvalue weighted by molar-refractivity contribution is 7.15. The molecular formula is C15H22N4S. The Kier molecular flexibility index (Phi) is 4.83. The topological polar surface area (TPSA) is 50.7 Å². The molecule has 0 aliphatic heterocycles. The lowest BCUT2D eigenvalue weighted by atomic mass is 10.1. The summed E-state index contributed by atoms with van der Waals surface area (Å²) in [7, 11) is 0. The summed E-state index contributed by atoms with van der Waals surface area (Å²) in [6.07, 6.45) is 3.68. The van der Waals surface area contributed by atoms with Crippen molar-refractivity contribution in [3.05, 3.63) is 28.5 Å². The zero-order valence-electron chi connectivity index (χ0n) is 12.8. The van der Waals surface area contributed by atoms with Crippen LogP contribution in [0.4, 0.5) is 0 Å². The number of thiazole rings is 1. The van der Waals surface area contributed by atoms with E-state index in [1.54, 1.807) is 11.3 Å². The van der Waals surface area contributed by atoms with Crippen molar-refractivity contribution in [3.8, 4) is 10.8 Å². The molecule has 0 spiro atoms. The molecule has 0 fully saturated rings. The first-order valence-corrected chi connectivity index (χ1v) is 7.81. The average Bonchev–Trinajstić information content (AvgIpc) is 2.81. The molecule has 0 radical (unpaired) electrons. The van der Waals surface area contributed by atoms with Crippen molar-refractivity contribution in [1.29, 1.82) is 0 Å². The lowest BCUT2D eigenvalue weighted by Gasteiger charge is -2.09. The normalized spacial score (nSPS) is 11.6. The molecule has 2 heterocycles. The third kappa shape index (κ3) is 3.61. The van der Waals surface area contributed by atoms with E-state index in [9.17, 15) is 0 Å². The van der Waals surface area contributed by atoms with Gasteiger partial charge < -0.3 is 5.32 Å². The highest BCUT2D eigenvalue weighted by Gasteiger charge is 2.16. The minimum Gasteiger partial charge on any atom is -0.310 e. The maximum atomic E-state index is 4.74. The van der Waals surface area contributed by atoms with Crippen molar-refractivity contribution in [3.63, 3.8) is 0 Å². The van der Waals surface area contributed by atoms with Gasteiger partial charge in [-0.15, -0.1) is 11.3 Å². The van der Waals surface area contributed by atoms with Gasteiger partial charge in [-0.1, -0.05) is 27.7 Å². The number of hydrogen-bond acceptors (Lipinski definition) is 5. The van der Waals surface area contributed by atoms with Crippen LogP contribution in [-0.2, 0) is 6.54 Å². The van der Waals surface area contributed by atoms with Crippen LogP contribution in [0.25, 0.3) is 10.8 Å². The van der Waals surface area contributed by atoms with Crippen molar-refractivity contribution in [2.45, 2.75) is 53.1 Å². The fourth-order valence-corrected chi connectivity index (χ4v) is 2.95. The molecule has 20 heavy (non-hydrogen) atoms. The molecule has 4 nitrogen and oxygen atoms in total. The SMILES string of the molecule is Cc1cnc(-c2nc(C(C)C)c(CNC(C)C)s2)nc1. The molecule has 1 N–H and O–H groups in total. The molecule has 2 rings (SSSR count). The van der Waals surface area contributed by atoms with Crippen molar-refractivity contribution in [2.24, 2.45) is 0 Å². The van der Waals surface area contributed by atoms with Crippen LogP contribution in [0.2, 0.25) is 0 Å². The predicted octanol–water partition coefficient (Wildman–Crippen LogP) is 3.53. The zero-order valence-corrected chi connectivity index (χ0v) is 13.6. The van der Waals surface area contributed by atoms with Crippen LogP contribution >= 0.6 is 11.3 Å². The molecule has 0 aliphatic rings. The Morgan fingerprint density at radius 1 is 1.15 bits per heavy atom. The van der Waals surface area contributed by atoms with Gasteiger partial charge in [-0.05, 0) is 18.4 Å². The number of nitrogens with one attached hydrogen (secondary N) is 1. The van der Waals surface area contributed by atoms with Gasteiger partial charge in [0, 0.05) is 29.9 Å². The summed E-state index contributed by atoms with van der Waals surface area (Å²) in [5, 5.41) is 4.37. The maximum absolute atomic E-state index is 4.74. The number of hydrogen-bond donors (Lipinski definition) is 1. The molecule has 0 amide bonds. The monoisotopic (exact) mass is 290 g/mol. The minimum atomic E-state index is 0.411. The van der Waals surface area contributed by atoms with Crippen molar-refractivity contribution >= 4 is 11.3 Å². The summed E-state index contributed by atoms with van der Waals surface area (Å²) < 4.78 is 0. The first-order valence-electron chi connectivity index (χ1n) is 6.99. The Balaban J connectivity index is 2.30. The lowest BCUT2D eigenvalue weighted by molar-refractivity contribution is 0.588. The Morgan fingerprint density at radius 2 is 1.80 bits per heavy atom. The summed E-state index contributed by atoms with van der Waals surface area (Å²) in [5.41, 5.74) is 2.22. The Labute approximate surface area is 124 Å². The van der Waals surface area contributed by atoms with Gasteiger partial charge in [-0.2, -0.15) is 0 Å². The second kappa shape index (κ2) is 6.41. The molecule has 0 unspecified atom stereocenters. The third-order valence-corrected chi connectivity index (χ3v) is 3.98. The molecule has 0 aromatic carbocycles. The Bertz CT molecular complexity index is 558. The van der Waals surface area contributed by atoms with E-state index in [1.807, 2.05) is 19.3 Å². The van der Waals surface area contributed by atoms with E-state index in [1.165, 1.54) is 4.88 Å². The fourth-order valence-electron chi connectivity index (χ4n) is 1.84. The Hall–Kier alpha value is -1.33. The maximum Gasteiger partial charge on any atom is 0.188 e. The van der Waals surface area contributed by atoms with Gasteiger partial charge in [0.2, 0.25) is 0 Å². The summed E-state index contributed by atoms with van der Waals surface area (Å²) in [4.78, 5) is 14.8. The van der Waals surface area contributed by atoms with Crippen LogP contribution < -0.4 is 5.32 Å². The molecule has 0 saturated carbocycles. The van der Waals surface area contributed by atoms with Crippen LogP contribution in [0.5, 0.6) is 0 Å². The largest absolute Gasteiger partial charge is 0.310 e. The van der Waals surface area contributed by atoms with Gasteiger partial charge in [0.05, 0.1) is 5.69 Å². The highest BCUT2D eigenvalue weighted by Crippen LogP contribution is 2.30. The van der Waals surface area contributed by atoms with Crippen LogP contribution in [0, 0.1) is 6.92 Å². The van der Waals surface area contributed by atoms with E-state index >= 15 is 0 Å². The summed E-state index contributed by atoms with van der Waals surface area (Å²) in [6.45, 7) is 11.5. The van der Waals surface area contributed by atoms with Gasteiger partial charge in [-0.3, -0.25) is 0 Å². The van der Waals surface area contributed by atoms with E-state index in [0.29, 0.717) is 12.0 Å². The smallest absolute Gasteiger partial charge is 0.188 e. The molecule has 0 saturated heterocycles. The fraction of sp³-hybridized carbons (Fsp3) is 0.533. The van der Waals surface area contributed by atoms with Gasteiger partial charge in [0.1, 0.15) is 0 Å². The summed E-state index contributed by atoms with van der Waals surface area (Å²) in [6, 6.07) is 0.469. The molecular weight excluding hydrogens is 268 g/mol. The molecule has 0 bridgehead atoms.